The van der Waals surface area contributed by atoms with E-state index in [2.05, 4.69) is 4.99 Å². The van der Waals surface area contributed by atoms with E-state index in [9.17, 15) is 29.1 Å². The summed E-state index contributed by atoms with van der Waals surface area (Å²) in [5.74, 6) is -7.39. The third kappa shape index (κ3) is 9.52. The van der Waals surface area contributed by atoms with Crippen molar-refractivity contribution in [3.05, 3.63) is 0 Å². The molecule has 3 rings (SSSR count). The van der Waals surface area contributed by atoms with E-state index in [1.165, 1.54) is 20.8 Å². The molecule has 0 saturated carbocycles. The quantitative estimate of drug-likeness (QED) is 0.305. The molecule has 0 unspecified atom stereocenters. The Balaban J connectivity index is 2.37. The average molecular weight is 741 g/mol. The molecule has 0 radical (unpaired) electrons. The lowest BCUT2D eigenvalue weighted by molar-refractivity contribution is -0.299. The van der Waals surface area contributed by atoms with Gasteiger partial charge in [0, 0.05) is 37.3 Å². The van der Waals surface area contributed by atoms with E-state index in [4.69, 9.17) is 23.7 Å². The second kappa shape index (κ2) is 17.2. The zero-order valence-electron chi connectivity index (χ0n) is 33.0. The minimum atomic E-state index is -3.19. The molecule has 0 aromatic heterocycles. The molecule has 3 saturated heterocycles. The van der Waals surface area contributed by atoms with Gasteiger partial charge in [0.1, 0.15) is 18.3 Å². The van der Waals surface area contributed by atoms with Gasteiger partial charge in [0.25, 0.3) is 5.67 Å². The van der Waals surface area contributed by atoms with Crippen molar-refractivity contribution in [2.45, 2.75) is 161 Å². The van der Waals surface area contributed by atoms with Gasteiger partial charge in [-0.25, -0.2) is 14.2 Å². The highest BCUT2D eigenvalue weighted by Crippen LogP contribution is 2.43. The van der Waals surface area contributed by atoms with Gasteiger partial charge in [-0.2, -0.15) is 0 Å². The summed E-state index contributed by atoms with van der Waals surface area (Å²) in [7, 11) is 3.64. The highest BCUT2D eigenvalue weighted by atomic mass is 19.1. The maximum atomic E-state index is 16.7. The van der Waals surface area contributed by atoms with Crippen LogP contribution < -0.4 is 0 Å². The van der Waals surface area contributed by atoms with Crippen molar-refractivity contribution in [2.24, 2.45) is 28.7 Å². The number of Topliss-reactive ketones (excluding diaryl/α,β-unsaturated/α-hetero) is 2. The van der Waals surface area contributed by atoms with Crippen molar-refractivity contribution >= 4 is 35.1 Å². The number of amides is 1. The predicted molar refractivity (Wildman–Crippen MR) is 189 cm³/mol. The Morgan fingerprint density at radius 1 is 1.06 bits per heavy atom. The molecule has 1 amide bonds. The molecule has 14 heteroatoms. The van der Waals surface area contributed by atoms with Crippen LogP contribution in [0.15, 0.2) is 4.99 Å². The van der Waals surface area contributed by atoms with Crippen LogP contribution in [0.1, 0.15) is 108 Å². The van der Waals surface area contributed by atoms with Crippen molar-refractivity contribution in [3.8, 4) is 0 Å². The Hall–Kier alpha value is -2.65. The van der Waals surface area contributed by atoms with Crippen LogP contribution in [0, 0.1) is 23.7 Å². The molecule has 13 nitrogen and oxygen atoms in total. The number of aliphatic imine (C=N–C) groups is 1. The van der Waals surface area contributed by atoms with Crippen LogP contribution >= 0.6 is 0 Å². The lowest BCUT2D eigenvalue weighted by atomic mass is 9.68. The molecule has 2 bridgehead atoms. The van der Waals surface area contributed by atoms with Crippen LogP contribution in [0.4, 0.5) is 4.39 Å². The Kier molecular flexibility index (Phi) is 14.5. The summed E-state index contributed by atoms with van der Waals surface area (Å²) >= 11 is 0. The molecule has 0 aromatic carbocycles. The third-order valence-corrected chi connectivity index (χ3v) is 11.3. The van der Waals surface area contributed by atoms with Gasteiger partial charge in [-0.05, 0) is 79.3 Å². The van der Waals surface area contributed by atoms with E-state index in [1.54, 1.807) is 27.7 Å². The first-order valence-electron chi connectivity index (χ1n) is 18.6. The Morgan fingerprint density at radius 2 is 1.69 bits per heavy atom. The van der Waals surface area contributed by atoms with Gasteiger partial charge in [0.05, 0.1) is 23.9 Å². The molecule has 0 aromatic rings. The molecule has 0 spiro atoms. The number of aliphatic hydroxyl groups is 1. The summed E-state index contributed by atoms with van der Waals surface area (Å²) in [6, 6.07) is -0.374. The number of carbonyl (C=O) groups is 5. The van der Waals surface area contributed by atoms with Gasteiger partial charge < -0.3 is 33.7 Å². The van der Waals surface area contributed by atoms with Crippen LogP contribution in [-0.2, 0) is 47.7 Å². The number of ether oxygens (including phenoxy) is 5. The molecule has 52 heavy (non-hydrogen) atoms. The maximum absolute atomic E-state index is 16.7. The van der Waals surface area contributed by atoms with Gasteiger partial charge in [-0.15, -0.1) is 0 Å². The van der Waals surface area contributed by atoms with Crippen LogP contribution in [0.25, 0.3) is 0 Å². The van der Waals surface area contributed by atoms with E-state index < -0.39 is 101 Å². The highest BCUT2D eigenvalue weighted by Gasteiger charge is 2.56. The molecule has 296 valence electrons. The van der Waals surface area contributed by atoms with Gasteiger partial charge in [0.2, 0.25) is 5.91 Å². The minimum Gasteiger partial charge on any atom is -0.457 e. The lowest BCUT2D eigenvalue weighted by Gasteiger charge is -2.48. The zero-order valence-corrected chi connectivity index (χ0v) is 33.0. The molecule has 3 fully saturated rings. The Labute approximate surface area is 307 Å². The fourth-order valence-corrected chi connectivity index (χ4v) is 8.39. The van der Waals surface area contributed by atoms with Crippen LogP contribution in [0.3, 0.4) is 0 Å². The number of cyclic esters (lactones) is 1. The second-order valence-corrected chi connectivity index (χ2v) is 15.9. The predicted octanol–water partition coefficient (Wildman–Crippen LogP) is 4.18. The van der Waals surface area contributed by atoms with Crippen molar-refractivity contribution in [1.82, 2.24) is 4.90 Å². The minimum absolute atomic E-state index is 0.0138. The number of likely N-dealkylation sites (N-methyl/N-ethyl adjacent to an activating group) is 1. The smallest absolute Gasteiger partial charge is 0.351 e. The van der Waals surface area contributed by atoms with E-state index in [0.717, 1.165) is 6.92 Å². The van der Waals surface area contributed by atoms with Crippen molar-refractivity contribution in [2.75, 3.05) is 20.7 Å². The number of rotatable bonds is 6. The number of hydrogen-bond donors (Lipinski definition) is 1. The summed E-state index contributed by atoms with van der Waals surface area (Å²) < 4.78 is 47.6. The first kappa shape index (κ1) is 43.8. The molecular weight excluding hydrogens is 679 g/mol. The van der Waals surface area contributed by atoms with Crippen LogP contribution in [-0.4, -0.2) is 119 Å². The Bertz CT molecular complexity index is 1370. The number of halogens is 1. The average Bonchev–Trinajstić information content (AvgIpc) is 3.07. The van der Waals surface area contributed by atoms with Crippen molar-refractivity contribution < 1.29 is 57.2 Å². The summed E-state index contributed by atoms with van der Waals surface area (Å²) in [6.45, 7) is 15.0. The van der Waals surface area contributed by atoms with E-state index in [-0.39, 0.29) is 43.9 Å². The first-order valence-corrected chi connectivity index (χ1v) is 18.6. The topological polar surface area (TPSA) is 167 Å². The Morgan fingerprint density at radius 3 is 2.25 bits per heavy atom. The van der Waals surface area contributed by atoms with Crippen LogP contribution in [0.5, 0.6) is 0 Å². The lowest BCUT2D eigenvalue weighted by Crippen LogP contribution is -2.61. The summed E-state index contributed by atoms with van der Waals surface area (Å²) in [5.41, 5.74) is -6.18. The number of hydrogen-bond acceptors (Lipinski definition) is 12. The van der Waals surface area contributed by atoms with Crippen molar-refractivity contribution in [3.63, 3.8) is 0 Å². The zero-order chi connectivity index (χ0) is 39.5. The molecule has 3 aliphatic rings. The fourth-order valence-electron chi connectivity index (χ4n) is 8.39. The van der Waals surface area contributed by atoms with Crippen molar-refractivity contribution in [1.29, 1.82) is 0 Å². The molecular formula is C38H61FN2O11. The van der Waals surface area contributed by atoms with Gasteiger partial charge in [-0.3, -0.25) is 19.2 Å². The normalized spacial score (nSPS) is 42.2. The number of esters is 2. The molecule has 3 heterocycles. The number of ketones is 2. The first-order chi connectivity index (χ1) is 24.0. The van der Waals surface area contributed by atoms with Crippen LogP contribution in [0.2, 0.25) is 0 Å². The monoisotopic (exact) mass is 740 g/mol. The highest BCUT2D eigenvalue weighted by molar-refractivity contribution is 6.08. The fraction of sp³-hybridized carbons (Fsp3) is 0.842. The SMILES string of the molecule is CCC(=O)N=C1[C@H](C)C[C@@]2(C)OCC(=O)CC[C@H]([C@H]1C)[C@](C)(O)[C@@H](CC)OC(=O)[C@@](C)(F)C(=O)[C@H](C)[C@H]2O[C@@H]1O[C@H](C)C[C@H](N(C)C)[C@H]1OC(C)=O. The van der Waals surface area contributed by atoms with E-state index in [1.807, 2.05) is 32.8 Å². The third-order valence-electron chi connectivity index (χ3n) is 11.3. The molecule has 1 N–H and O–H groups in total. The van der Waals surface area contributed by atoms with Gasteiger partial charge >= 0.3 is 11.9 Å². The summed E-state index contributed by atoms with van der Waals surface area (Å²) in [6.07, 6.45) is -4.63. The second-order valence-electron chi connectivity index (χ2n) is 15.9. The van der Waals surface area contributed by atoms with E-state index in [0.29, 0.717) is 12.1 Å². The number of alkyl halides is 1. The molecule has 0 aliphatic carbocycles. The number of fused-ring (bicyclic) bond motifs is 5. The van der Waals surface area contributed by atoms with E-state index >= 15 is 4.39 Å². The number of nitrogens with zero attached hydrogens (tertiary/aromatic N) is 2. The maximum Gasteiger partial charge on any atom is 0.351 e. The largest absolute Gasteiger partial charge is 0.457 e. The summed E-state index contributed by atoms with van der Waals surface area (Å²) in [5, 5.41) is 12.2. The molecule has 3 aliphatic heterocycles. The van der Waals surface area contributed by atoms with Gasteiger partial charge in [0.15, 0.2) is 24.0 Å². The summed E-state index contributed by atoms with van der Waals surface area (Å²) in [4.78, 5) is 73.3. The molecule has 13 atom stereocenters. The standard InChI is InChI=1S/C38H61FN2O11/c1-13-28-38(10,47)26-16-15-25(43)19-48-36(8,18-20(3)30(22(26)5)40-29(44)14-2)33(23(6)32(45)37(9,39)35(46)51-28)52-34-31(50-24(7)42)27(41(11)12)17-21(4)49-34/h20-23,26-28,31,33-34,47H,13-19H2,1-12H3/t20-,21-,22-,23+,26-,27+,28-,31-,33-,34+,36-,37+,38+/m1/s1. The number of carbonyl (C=O) groups excluding carboxylic acids is 5. The van der Waals surface area contributed by atoms with Gasteiger partial charge in [-0.1, -0.05) is 34.6 Å².